The van der Waals surface area contributed by atoms with Crippen LogP contribution in [-0.4, -0.2) is 30.3 Å². The fourth-order valence-corrected chi connectivity index (χ4v) is 3.06. The van der Waals surface area contributed by atoms with E-state index in [2.05, 4.69) is 10.6 Å². The molecule has 168 valence electrons. The molecule has 0 bridgehead atoms. The summed E-state index contributed by atoms with van der Waals surface area (Å²) in [5.74, 6) is -2.08. The molecule has 0 aliphatic heterocycles. The number of benzene rings is 3. The van der Waals surface area contributed by atoms with Crippen LogP contribution in [0.3, 0.4) is 0 Å². The van der Waals surface area contributed by atoms with Crippen molar-refractivity contribution in [2.24, 2.45) is 5.73 Å². The van der Waals surface area contributed by atoms with E-state index in [1.54, 1.807) is 54.6 Å². The highest BCUT2D eigenvalue weighted by Gasteiger charge is 2.20. The molecule has 0 heterocycles. The summed E-state index contributed by atoms with van der Waals surface area (Å²) in [5, 5.41) is 5.41. The van der Waals surface area contributed by atoms with Crippen LogP contribution in [0.15, 0.2) is 84.9 Å². The number of rotatable bonds is 9. The van der Waals surface area contributed by atoms with Crippen LogP contribution in [0.1, 0.15) is 38.7 Å². The number of esters is 1. The van der Waals surface area contributed by atoms with Gasteiger partial charge in [0.1, 0.15) is 0 Å². The average Bonchev–Trinajstić information content (AvgIpc) is 2.83. The monoisotopic (exact) mass is 445 g/mol. The second-order valence-electron chi connectivity index (χ2n) is 7.16. The third-order valence-corrected chi connectivity index (χ3v) is 4.73. The molecule has 0 spiro atoms. The van der Waals surface area contributed by atoms with Crippen molar-refractivity contribution in [1.29, 1.82) is 0 Å². The summed E-state index contributed by atoms with van der Waals surface area (Å²) in [4.78, 5) is 48.2. The Morgan fingerprint density at radius 1 is 0.788 bits per heavy atom. The molecule has 0 saturated heterocycles. The van der Waals surface area contributed by atoms with Crippen molar-refractivity contribution in [3.05, 3.63) is 102 Å². The lowest BCUT2D eigenvalue weighted by Gasteiger charge is -2.19. The van der Waals surface area contributed by atoms with E-state index in [0.717, 1.165) is 5.56 Å². The normalized spacial score (nSPS) is 11.2. The fraction of sp³-hybridized carbons (Fsp3) is 0.120. The number of nitrogens with two attached hydrogens (primary N) is 1. The number of carbonyl (C=O) groups is 4. The molecule has 8 heteroatoms. The molecule has 3 amide bonds. The standard InChI is InChI=1S/C25H23N3O5/c26-24(31)18-11-13-20(14-12-18)27-22(29)16-33-23(30)15-21(17-7-3-1-4-8-17)28-25(32)19-9-5-2-6-10-19/h1-14,21H,15-16H2,(H2,26,31)(H,27,29)(H,28,32)/t21-/m1/s1. The summed E-state index contributed by atoms with van der Waals surface area (Å²) in [6, 6.07) is 23.1. The van der Waals surface area contributed by atoms with Gasteiger partial charge in [-0.2, -0.15) is 0 Å². The van der Waals surface area contributed by atoms with Crippen LogP contribution in [0.2, 0.25) is 0 Å². The van der Waals surface area contributed by atoms with Crippen LogP contribution in [0.4, 0.5) is 5.69 Å². The molecule has 8 nitrogen and oxygen atoms in total. The smallest absolute Gasteiger partial charge is 0.308 e. The number of anilines is 1. The van der Waals surface area contributed by atoms with Gasteiger partial charge in [0.2, 0.25) is 5.91 Å². The third kappa shape index (κ3) is 7.03. The topological polar surface area (TPSA) is 128 Å². The maximum Gasteiger partial charge on any atom is 0.308 e. The number of ether oxygens (including phenoxy) is 1. The van der Waals surface area contributed by atoms with Gasteiger partial charge in [0, 0.05) is 16.8 Å². The highest BCUT2D eigenvalue weighted by atomic mass is 16.5. The van der Waals surface area contributed by atoms with Crippen LogP contribution < -0.4 is 16.4 Å². The largest absolute Gasteiger partial charge is 0.455 e. The SMILES string of the molecule is NC(=O)c1ccc(NC(=O)COC(=O)C[C@@H](NC(=O)c2ccccc2)c2ccccc2)cc1. The highest BCUT2D eigenvalue weighted by Crippen LogP contribution is 2.18. The summed E-state index contributed by atoms with van der Waals surface area (Å²) >= 11 is 0. The van der Waals surface area contributed by atoms with Crippen LogP contribution in [0, 0.1) is 0 Å². The molecule has 33 heavy (non-hydrogen) atoms. The van der Waals surface area contributed by atoms with Gasteiger partial charge >= 0.3 is 5.97 Å². The summed E-state index contributed by atoms with van der Waals surface area (Å²) in [5.41, 5.74) is 7.12. The number of amides is 3. The first-order chi connectivity index (χ1) is 15.9. The summed E-state index contributed by atoms with van der Waals surface area (Å²) in [6.45, 7) is -0.495. The van der Waals surface area contributed by atoms with Gasteiger partial charge in [-0.3, -0.25) is 19.2 Å². The number of hydrogen-bond donors (Lipinski definition) is 3. The van der Waals surface area contributed by atoms with Crippen molar-refractivity contribution >= 4 is 29.4 Å². The predicted molar refractivity (Wildman–Crippen MR) is 122 cm³/mol. The van der Waals surface area contributed by atoms with Gasteiger partial charge < -0.3 is 21.1 Å². The highest BCUT2D eigenvalue weighted by molar-refractivity contribution is 5.96. The zero-order valence-corrected chi connectivity index (χ0v) is 17.7. The lowest BCUT2D eigenvalue weighted by Crippen LogP contribution is -2.31. The minimum atomic E-state index is -0.642. The second-order valence-corrected chi connectivity index (χ2v) is 7.16. The van der Waals surface area contributed by atoms with Crippen LogP contribution in [-0.2, 0) is 14.3 Å². The molecule has 0 aliphatic rings. The van der Waals surface area contributed by atoms with Gasteiger partial charge in [-0.05, 0) is 42.0 Å². The Bertz CT molecular complexity index is 1120. The van der Waals surface area contributed by atoms with E-state index in [4.69, 9.17) is 10.5 Å². The number of primary amides is 1. The van der Waals surface area contributed by atoms with E-state index in [1.165, 1.54) is 24.3 Å². The van der Waals surface area contributed by atoms with Gasteiger partial charge in [-0.1, -0.05) is 48.5 Å². The molecule has 0 saturated carbocycles. The fourth-order valence-electron chi connectivity index (χ4n) is 3.06. The van der Waals surface area contributed by atoms with Gasteiger partial charge in [0.05, 0.1) is 12.5 Å². The van der Waals surface area contributed by atoms with Gasteiger partial charge in [0.15, 0.2) is 6.61 Å². The maximum absolute atomic E-state index is 12.6. The van der Waals surface area contributed by atoms with Crippen molar-refractivity contribution in [3.63, 3.8) is 0 Å². The second kappa shape index (κ2) is 11.2. The van der Waals surface area contributed by atoms with E-state index in [9.17, 15) is 19.2 Å². The molecule has 0 unspecified atom stereocenters. The summed E-state index contributed by atoms with van der Waals surface area (Å²) in [7, 11) is 0. The maximum atomic E-state index is 12.6. The number of carbonyl (C=O) groups excluding carboxylic acids is 4. The molecule has 1 atom stereocenters. The Morgan fingerprint density at radius 3 is 2.00 bits per heavy atom. The minimum Gasteiger partial charge on any atom is -0.455 e. The lowest BCUT2D eigenvalue weighted by atomic mass is 10.0. The van der Waals surface area contributed by atoms with E-state index >= 15 is 0 Å². The zero-order valence-electron chi connectivity index (χ0n) is 17.7. The van der Waals surface area contributed by atoms with Crippen LogP contribution >= 0.6 is 0 Å². The summed E-state index contributed by atoms with van der Waals surface area (Å²) < 4.78 is 5.10. The molecule has 4 N–H and O–H groups in total. The van der Waals surface area contributed by atoms with Crippen molar-refractivity contribution in [1.82, 2.24) is 5.32 Å². The molecule has 0 radical (unpaired) electrons. The van der Waals surface area contributed by atoms with E-state index in [0.29, 0.717) is 16.8 Å². The van der Waals surface area contributed by atoms with E-state index in [-0.39, 0.29) is 12.3 Å². The van der Waals surface area contributed by atoms with Crippen molar-refractivity contribution < 1.29 is 23.9 Å². The predicted octanol–water partition coefficient (Wildman–Crippen LogP) is 2.83. The van der Waals surface area contributed by atoms with Gasteiger partial charge in [-0.15, -0.1) is 0 Å². The van der Waals surface area contributed by atoms with Crippen molar-refractivity contribution in [3.8, 4) is 0 Å². The van der Waals surface area contributed by atoms with Crippen molar-refractivity contribution in [2.75, 3.05) is 11.9 Å². The van der Waals surface area contributed by atoms with Gasteiger partial charge in [-0.25, -0.2) is 0 Å². The molecular formula is C25H23N3O5. The molecule has 3 aromatic carbocycles. The first-order valence-electron chi connectivity index (χ1n) is 10.2. The van der Waals surface area contributed by atoms with E-state index < -0.39 is 30.4 Å². The minimum absolute atomic E-state index is 0.150. The molecule has 0 aliphatic carbocycles. The van der Waals surface area contributed by atoms with E-state index in [1.807, 2.05) is 6.07 Å². The molecule has 0 aromatic heterocycles. The van der Waals surface area contributed by atoms with Crippen LogP contribution in [0.5, 0.6) is 0 Å². The average molecular weight is 445 g/mol. The van der Waals surface area contributed by atoms with Crippen molar-refractivity contribution in [2.45, 2.75) is 12.5 Å². The molecular weight excluding hydrogens is 422 g/mol. The Labute approximate surface area is 190 Å². The Balaban J connectivity index is 1.57. The summed E-state index contributed by atoms with van der Waals surface area (Å²) in [6.07, 6.45) is -0.150. The molecule has 0 fully saturated rings. The lowest BCUT2D eigenvalue weighted by molar-refractivity contribution is -0.147. The third-order valence-electron chi connectivity index (χ3n) is 4.73. The molecule has 3 aromatic rings. The Kier molecular flexibility index (Phi) is 7.91. The Morgan fingerprint density at radius 2 is 1.39 bits per heavy atom. The van der Waals surface area contributed by atoms with Crippen LogP contribution in [0.25, 0.3) is 0 Å². The Hall–Kier alpha value is -4.46. The first-order valence-corrected chi connectivity index (χ1v) is 10.2. The number of nitrogens with one attached hydrogen (secondary N) is 2. The first kappa shape index (κ1) is 23.2. The quantitative estimate of drug-likeness (QED) is 0.437. The van der Waals surface area contributed by atoms with Gasteiger partial charge in [0.25, 0.3) is 11.8 Å². The molecule has 3 rings (SSSR count). The zero-order chi connectivity index (χ0) is 23.6. The number of hydrogen-bond acceptors (Lipinski definition) is 5.